The van der Waals surface area contributed by atoms with E-state index in [1.807, 2.05) is 0 Å². The third kappa shape index (κ3) is 1.12. The van der Waals surface area contributed by atoms with Gasteiger partial charge in [-0.2, -0.15) is 0 Å². The van der Waals surface area contributed by atoms with E-state index in [0.29, 0.717) is 6.42 Å². The maximum atomic E-state index is 11.2. The fraction of sp³-hybridized carbons (Fsp3) is 0.625. The predicted octanol–water partition coefficient (Wildman–Crippen LogP) is -1.78. The standard InChI is InChI=1S/C8H9NO4/c10-5-2-1-4-3-6(11)9(13)7(4)8(5)12/h4,7,9H,1-3H2. The van der Waals surface area contributed by atoms with Crippen LogP contribution in [0.4, 0.5) is 0 Å². The Balaban J connectivity index is 2.29. The summed E-state index contributed by atoms with van der Waals surface area (Å²) in [7, 11) is 0. The Hall–Kier alpha value is -1.07. The van der Waals surface area contributed by atoms with Crippen LogP contribution in [0.2, 0.25) is 0 Å². The average molecular weight is 183 g/mol. The van der Waals surface area contributed by atoms with Crippen molar-refractivity contribution in [1.29, 1.82) is 0 Å². The van der Waals surface area contributed by atoms with Gasteiger partial charge in [-0.25, -0.2) is 4.79 Å². The second-order valence-electron chi connectivity index (χ2n) is 3.56. The minimum Gasteiger partial charge on any atom is -0.626 e. The molecule has 0 bridgehead atoms. The maximum absolute atomic E-state index is 11.2. The molecule has 2 aliphatic rings. The average Bonchev–Trinajstić information content (AvgIpc) is 2.37. The molecule has 1 saturated heterocycles. The molecule has 2 fully saturated rings. The molecular formula is C8H9NO4. The summed E-state index contributed by atoms with van der Waals surface area (Å²) in [6.07, 6.45) is 0.857. The van der Waals surface area contributed by atoms with Gasteiger partial charge in [-0.3, -0.25) is 9.59 Å². The summed E-state index contributed by atoms with van der Waals surface area (Å²) in [4.78, 5) is 33.2. The van der Waals surface area contributed by atoms with E-state index >= 15 is 0 Å². The van der Waals surface area contributed by atoms with E-state index in [-0.39, 0.29) is 18.8 Å². The van der Waals surface area contributed by atoms with E-state index in [9.17, 15) is 19.6 Å². The minimum atomic E-state index is -0.922. The number of ketones is 2. The van der Waals surface area contributed by atoms with Crippen LogP contribution in [-0.4, -0.2) is 23.5 Å². The zero-order valence-corrected chi connectivity index (χ0v) is 6.91. The quantitative estimate of drug-likeness (QED) is 0.355. The van der Waals surface area contributed by atoms with Crippen molar-refractivity contribution in [2.45, 2.75) is 25.3 Å². The first-order chi connectivity index (χ1) is 6.11. The van der Waals surface area contributed by atoms with E-state index in [4.69, 9.17) is 0 Å². The number of carbonyl (C=O) groups is 3. The van der Waals surface area contributed by atoms with Crippen molar-refractivity contribution in [3.8, 4) is 0 Å². The molecular weight excluding hydrogens is 174 g/mol. The summed E-state index contributed by atoms with van der Waals surface area (Å²) in [5.41, 5.74) is 0. The smallest absolute Gasteiger partial charge is 0.313 e. The predicted molar refractivity (Wildman–Crippen MR) is 40.5 cm³/mol. The number of hydroxylamine groups is 2. The number of nitrogens with one attached hydrogen (secondary N) is 1. The van der Waals surface area contributed by atoms with E-state index in [1.54, 1.807) is 0 Å². The van der Waals surface area contributed by atoms with E-state index in [1.165, 1.54) is 0 Å². The molecule has 1 amide bonds. The first kappa shape index (κ1) is 8.52. The van der Waals surface area contributed by atoms with E-state index in [0.717, 1.165) is 0 Å². The number of hydrogen-bond acceptors (Lipinski definition) is 4. The Morgan fingerprint density at radius 3 is 2.69 bits per heavy atom. The highest BCUT2D eigenvalue weighted by Crippen LogP contribution is 2.24. The lowest BCUT2D eigenvalue weighted by molar-refractivity contribution is -0.776. The monoisotopic (exact) mass is 183 g/mol. The summed E-state index contributed by atoms with van der Waals surface area (Å²) in [6.45, 7) is 0. The first-order valence-electron chi connectivity index (χ1n) is 4.25. The summed E-state index contributed by atoms with van der Waals surface area (Å²) in [5.74, 6) is -1.82. The maximum Gasteiger partial charge on any atom is 0.313 e. The Morgan fingerprint density at radius 1 is 1.31 bits per heavy atom. The topological polar surface area (TPSA) is 78.7 Å². The van der Waals surface area contributed by atoms with Crippen molar-refractivity contribution in [3.63, 3.8) is 0 Å². The van der Waals surface area contributed by atoms with Crippen molar-refractivity contribution in [1.82, 2.24) is 0 Å². The van der Waals surface area contributed by atoms with Crippen molar-refractivity contribution in [3.05, 3.63) is 5.21 Å². The molecule has 3 atom stereocenters. The van der Waals surface area contributed by atoms with E-state index in [2.05, 4.69) is 0 Å². The lowest BCUT2D eigenvalue weighted by atomic mass is 9.84. The van der Waals surface area contributed by atoms with Gasteiger partial charge < -0.3 is 10.3 Å². The van der Waals surface area contributed by atoms with Gasteiger partial charge in [0.05, 0.1) is 6.42 Å². The van der Waals surface area contributed by atoms with Crippen LogP contribution >= 0.6 is 0 Å². The number of rotatable bonds is 0. The van der Waals surface area contributed by atoms with Gasteiger partial charge in [0.25, 0.3) is 5.78 Å². The second kappa shape index (κ2) is 2.71. The number of Topliss-reactive ketones (excluding diaryl/α,β-unsaturated/α-hetero) is 2. The van der Waals surface area contributed by atoms with E-state index < -0.39 is 28.6 Å². The summed E-state index contributed by atoms with van der Waals surface area (Å²) in [6, 6.07) is -0.922. The minimum absolute atomic E-state index is 0.155. The van der Waals surface area contributed by atoms with Crippen molar-refractivity contribution >= 4 is 17.5 Å². The molecule has 1 aliphatic carbocycles. The molecule has 1 saturated carbocycles. The first-order valence-corrected chi connectivity index (χ1v) is 4.25. The van der Waals surface area contributed by atoms with Crippen LogP contribution in [0.5, 0.6) is 0 Å². The molecule has 0 aromatic carbocycles. The SMILES string of the molecule is O=C1CCC2CC(=O)[NH+]([O-])C2C1=O. The number of amides is 1. The largest absolute Gasteiger partial charge is 0.626 e. The summed E-state index contributed by atoms with van der Waals surface area (Å²) >= 11 is 0. The zero-order chi connectivity index (χ0) is 9.59. The molecule has 1 aliphatic heterocycles. The summed E-state index contributed by atoms with van der Waals surface area (Å²) in [5, 5.41) is 10.5. The van der Waals surface area contributed by atoms with Gasteiger partial charge in [-0.05, 0) is 6.42 Å². The van der Waals surface area contributed by atoms with Crippen LogP contribution in [0.3, 0.4) is 0 Å². The number of hydrogen-bond donors (Lipinski definition) is 1. The number of quaternary nitrogens is 1. The van der Waals surface area contributed by atoms with Gasteiger partial charge in [-0.1, -0.05) is 0 Å². The molecule has 0 spiro atoms. The second-order valence-corrected chi connectivity index (χ2v) is 3.56. The lowest BCUT2D eigenvalue weighted by Gasteiger charge is -2.26. The third-order valence-electron chi connectivity index (χ3n) is 2.78. The number of fused-ring (bicyclic) bond motifs is 1. The molecule has 13 heavy (non-hydrogen) atoms. The van der Waals surface area contributed by atoms with Gasteiger partial charge in [0.1, 0.15) is 0 Å². The Labute approximate surface area is 74.3 Å². The Morgan fingerprint density at radius 2 is 2.00 bits per heavy atom. The highest BCUT2D eigenvalue weighted by Gasteiger charge is 2.49. The normalized spacial score (nSPS) is 39.5. The number of carbonyl (C=O) groups excluding carboxylic acids is 3. The van der Waals surface area contributed by atoms with Crippen molar-refractivity contribution in [2.75, 3.05) is 0 Å². The molecule has 0 aromatic rings. The van der Waals surface area contributed by atoms with Crippen LogP contribution in [-0.2, 0) is 14.4 Å². The molecule has 0 radical (unpaired) electrons. The van der Waals surface area contributed by atoms with Crippen LogP contribution in [0, 0.1) is 11.1 Å². The third-order valence-corrected chi connectivity index (χ3v) is 2.78. The molecule has 0 aromatic heterocycles. The fourth-order valence-electron chi connectivity index (χ4n) is 2.06. The Bertz CT molecular complexity index is 299. The summed E-state index contributed by atoms with van der Waals surface area (Å²) < 4.78 is 0. The van der Waals surface area contributed by atoms with Gasteiger partial charge in [0, 0.05) is 12.3 Å². The highest BCUT2D eigenvalue weighted by atomic mass is 16.5. The molecule has 5 nitrogen and oxygen atoms in total. The van der Waals surface area contributed by atoms with Gasteiger partial charge in [-0.15, -0.1) is 0 Å². The van der Waals surface area contributed by atoms with Gasteiger partial charge in [0.2, 0.25) is 5.78 Å². The van der Waals surface area contributed by atoms with Crippen LogP contribution in [0.1, 0.15) is 19.3 Å². The van der Waals surface area contributed by atoms with Gasteiger partial charge in [0.15, 0.2) is 6.04 Å². The highest BCUT2D eigenvalue weighted by molar-refractivity contribution is 6.39. The molecule has 1 heterocycles. The van der Waals surface area contributed by atoms with Crippen LogP contribution < -0.4 is 5.06 Å². The van der Waals surface area contributed by atoms with Gasteiger partial charge >= 0.3 is 5.91 Å². The molecule has 2 rings (SSSR count). The molecule has 70 valence electrons. The lowest BCUT2D eigenvalue weighted by Crippen LogP contribution is -3.13. The fourth-order valence-corrected chi connectivity index (χ4v) is 2.06. The van der Waals surface area contributed by atoms with Crippen LogP contribution in [0.15, 0.2) is 0 Å². The van der Waals surface area contributed by atoms with Crippen LogP contribution in [0.25, 0.3) is 0 Å². The van der Waals surface area contributed by atoms with Crippen molar-refractivity contribution < 1.29 is 19.4 Å². The molecule has 1 N–H and O–H groups in total. The molecule has 5 heteroatoms. The zero-order valence-electron chi connectivity index (χ0n) is 6.91. The molecule has 3 unspecified atom stereocenters. The van der Waals surface area contributed by atoms with Crippen molar-refractivity contribution in [2.24, 2.45) is 5.92 Å². The Kier molecular flexibility index (Phi) is 1.78.